The molecule has 0 atom stereocenters. The summed E-state index contributed by atoms with van der Waals surface area (Å²) >= 11 is 0. The van der Waals surface area contributed by atoms with E-state index in [0.717, 1.165) is 0 Å². The van der Waals surface area contributed by atoms with Crippen LogP contribution >= 0.6 is 0 Å². The molecule has 0 spiro atoms. The molecule has 110 valence electrons. The van der Waals surface area contributed by atoms with E-state index in [-0.39, 0.29) is 5.78 Å². The molecule has 0 aromatic heterocycles. The Morgan fingerprint density at radius 3 is 2.00 bits per heavy atom. The van der Waals surface area contributed by atoms with Gasteiger partial charge in [0.25, 0.3) is 0 Å². The maximum Gasteiger partial charge on any atom is 0.193 e. The predicted molar refractivity (Wildman–Crippen MR) is 78.1 cm³/mol. The van der Waals surface area contributed by atoms with Crippen LogP contribution in [0.3, 0.4) is 0 Å². The minimum atomic E-state index is -0.170. The van der Waals surface area contributed by atoms with Gasteiger partial charge in [0, 0.05) is 18.2 Å². The lowest BCUT2D eigenvalue weighted by atomic mass is 10.0. The van der Waals surface area contributed by atoms with Crippen LogP contribution in [0.15, 0.2) is 24.3 Å². The molecule has 0 radical (unpaired) electrons. The molecule has 0 saturated carbocycles. The number of ether oxygens (including phenoxy) is 3. The Balaban J connectivity index is 3.22. The minimum absolute atomic E-state index is 0.170. The van der Waals surface area contributed by atoms with Crippen LogP contribution in [-0.4, -0.2) is 52.7 Å². The summed E-state index contributed by atoms with van der Waals surface area (Å²) in [7, 11) is 8.32. The quantitative estimate of drug-likeness (QED) is 0.564. The van der Waals surface area contributed by atoms with Gasteiger partial charge in [-0.2, -0.15) is 0 Å². The van der Waals surface area contributed by atoms with Crippen molar-refractivity contribution in [3.05, 3.63) is 29.8 Å². The number of ketones is 1. The van der Waals surface area contributed by atoms with Crippen LogP contribution in [0.4, 0.5) is 0 Å². The Bertz CT molecular complexity index is 509. The van der Waals surface area contributed by atoms with Gasteiger partial charge in [0.2, 0.25) is 0 Å². The lowest BCUT2D eigenvalue weighted by molar-refractivity contribution is 0.102. The molecule has 0 aliphatic rings. The van der Waals surface area contributed by atoms with Crippen molar-refractivity contribution in [1.29, 1.82) is 0 Å². The van der Waals surface area contributed by atoms with E-state index in [0.29, 0.717) is 34.9 Å². The van der Waals surface area contributed by atoms with Gasteiger partial charge in [0.15, 0.2) is 17.3 Å². The van der Waals surface area contributed by atoms with Crippen molar-refractivity contribution in [1.82, 2.24) is 4.90 Å². The van der Waals surface area contributed by atoms with Crippen LogP contribution in [-0.2, 0) is 0 Å². The number of likely N-dealkylation sites (N-methyl/N-ethyl adjacent to an activating group) is 1. The summed E-state index contributed by atoms with van der Waals surface area (Å²) in [5, 5.41) is 0. The summed E-state index contributed by atoms with van der Waals surface area (Å²) in [6.07, 6.45) is 0. The molecule has 5 heteroatoms. The highest BCUT2D eigenvalue weighted by molar-refractivity contribution is 6.10. The zero-order valence-electron chi connectivity index (χ0n) is 12.6. The zero-order valence-corrected chi connectivity index (χ0v) is 12.6. The van der Waals surface area contributed by atoms with Gasteiger partial charge in [0.05, 0.1) is 26.9 Å². The van der Waals surface area contributed by atoms with E-state index in [2.05, 4.69) is 6.58 Å². The number of hydrogen-bond donors (Lipinski definition) is 0. The van der Waals surface area contributed by atoms with Gasteiger partial charge in [-0.15, -0.1) is 0 Å². The van der Waals surface area contributed by atoms with Crippen molar-refractivity contribution >= 4 is 5.78 Å². The first-order valence-electron chi connectivity index (χ1n) is 6.11. The second-order valence-electron chi connectivity index (χ2n) is 4.58. The Morgan fingerprint density at radius 2 is 1.55 bits per heavy atom. The number of benzene rings is 1. The van der Waals surface area contributed by atoms with E-state index in [9.17, 15) is 4.79 Å². The molecular weight excluding hydrogens is 258 g/mol. The average molecular weight is 279 g/mol. The number of nitrogens with zero attached hydrogens (tertiary/aromatic N) is 1. The van der Waals surface area contributed by atoms with Crippen LogP contribution < -0.4 is 14.2 Å². The van der Waals surface area contributed by atoms with Crippen LogP contribution in [0.5, 0.6) is 17.2 Å². The fourth-order valence-electron chi connectivity index (χ4n) is 1.85. The van der Waals surface area contributed by atoms with Gasteiger partial charge < -0.3 is 19.1 Å². The largest absolute Gasteiger partial charge is 0.496 e. The number of Topliss-reactive ketones (excluding diaryl/α,β-unsaturated/α-hetero) is 1. The van der Waals surface area contributed by atoms with E-state index in [4.69, 9.17) is 14.2 Å². The molecule has 0 bridgehead atoms. The Hall–Kier alpha value is -2.01. The predicted octanol–water partition coefficient (Wildman–Crippen LogP) is 2.01. The lowest BCUT2D eigenvalue weighted by Gasteiger charge is -2.15. The van der Waals surface area contributed by atoms with Crippen molar-refractivity contribution in [3.8, 4) is 17.2 Å². The fourth-order valence-corrected chi connectivity index (χ4v) is 1.85. The molecule has 0 unspecified atom stereocenters. The Morgan fingerprint density at radius 1 is 1.05 bits per heavy atom. The highest BCUT2D eigenvalue weighted by Crippen LogP contribution is 2.35. The summed E-state index contributed by atoms with van der Waals surface area (Å²) in [5.41, 5.74) is 0.900. The van der Waals surface area contributed by atoms with E-state index in [1.165, 1.54) is 21.3 Å². The van der Waals surface area contributed by atoms with Crippen LogP contribution in [0.1, 0.15) is 10.4 Å². The van der Waals surface area contributed by atoms with Gasteiger partial charge in [-0.25, -0.2) is 0 Å². The first-order valence-corrected chi connectivity index (χ1v) is 6.11. The van der Waals surface area contributed by atoms with Crippen molar-refractivity contribution < 1.29 is 19.0 Å². The average Bonchev–Trinajstić information content (AvgIpc) is 2.44. The van der Waals surface area contributed by atoms with Crippen molar-refractivity contribution in [2.45, 2.75) is 0 Å². The maximum atomic E-state index is 12.4. The highest BCUT2D eigenvalue weighted by atomic mass is 16.5. The molecule has 0 aliphatic carbocycles. The minimum Gasteiger partial charge on any atom is -0.496 e. The van der Waals surface area contributed by atoms with Gasteiger partial charge in [0.1, 0.15) is 5.75 Å². The van der Waals surface area contributed by atoms with Crippen molar-refractivity contribution in [2.24, 2.45) is 0 Å². The van der Waals surface area contributed by atoms with E-state index < -0.39 is 0 Å². The number of rotatable bonds is 7. The summed E-state index contributed by atoms with van der Waals surface area (Å²) < 4.78 is 15.7. The molecule has 0 amide bonds. The number of carbonyl (C=O) groups is 1. The molecule has 0 aliphatic heterocycles. The smallest absolute Gasteiger partial charge is 0.193 e. The first kappa shape index (κ1) is 16.0. The molecule has 20 heavy (non-hydrogen) atoms. The number of methoxy groups -OCH3 is 3. The zero-order chi connectivity index (χ0) is 15.3. The van der Waals surface area contributed by atoms with Crippen LogP contribution in [0.25, 0.3) is 0 Å². The maximum absolute atomic E-state index is 12.4. The lowest BCUT2D eigenvalue weighted by Crippen LogP contribution is -2.19. The molecule has 0 N–H and O–H groups in total. The second-order valence-corrected chi connectivity index (χ2v) is 4.58. The standard InChI is InChI=1S/C15H21NO4/c1-10(9-16(2)3)15(17)11-7-13(19-5)14(20-6)8-12(11)18-4/h7-8H,1,9H2,2-6H3. The molecule has 0 heterocycles. The topological polar surface area (TPSA) is 48.0 Å². The third-order valence-corrected chi connectivity index (χ3v) is 2.78. The van der Waals surface area contributed by atoms with E-state index >= 15 is 0 Å². The summed E-state index contributed by atoms with van der Waals surface area (Å²) in [6, 6.07) is 3.25. The van der Waals surface area contributed by atoms with Gasteiger partial charge in [-0.1, -0.05) is 6.58 Å². The van der Waals surface area contributed by atoms with E-state index in [1.807, 2.05) is 19.0 Å². The summed E-state index contributed by atoms with van der Waals surface area (Å²) in [4.78, 5) is 14.3. The normalized spacial score (nSPS) is 10.3. The molecule has 1 rings (SSSR count). The molecule has 5 nitrogen and oxygen atoms in total. The second kappa shape index (κ2) is 6.96. The van der Waals surface area contributed by atoms with Gasteiger partial charge in [-0.05, 0) is 20.2 Å². The van der Waals surface area contributed by atoms with Crippen LogP contribution in [0, 0.1) is 0 Å². The number of hydrogen-bond acceptors (Lipinski definition) is 5. The summed E-state index contributed by atoms with van der Waals surface area (Å²) in [5.74, 6) is 1.26. The molecular formula is C15H21NO4. The monoisotopic (exact) mass is 279 g/mol. The first-order chi connectivity index (χ1) is 9.44. The van der Waals surface area contributed by atoms with Crippen molar-refractivity contribution in [3.63, 3.8) is 0 Å². The molecule has 1 aromatic carbocycles. The third-order valence-electron chi connectivity index (χ3n) is 2.78. The molecule has 0 fully saturated rings. The van der Waals surface area contributed by atoms with E-state index in [1.54, 1.807) is 12.1 Å². The molecule has 1 aromatic rings. The Labute approximate surface area is 119 Å². The highest BCUT2D eigenvalue weighted by Gasteiger charge is 2.19. The van der Waals surface area contributed by atoms with Crippen molar-refractivity contribution in [2.75, 3.05) is 42.0 Å². The van der Waals surface area contributed by atoms with Gasteiger partial charge in [-0.3, -0.25) is 4.79 Å². The Kier molecular flexibility index (Phi) is 5.58. The van der Waals surface area contributed by atoms with Crippen LogP contribution in [0.2, 0.25) is 0 Å². The summed E-state index contributed by atoms with van der Waals surface area (Å²) in [6.45, 7) is 4.31. The third kappa shape index (κ3) is 3.51. The SMILES string of the molecule is C=C(CN(C)C)C(=O)c1cc(OC)c(OC)cc1OC. The molecule has 0 saturated heterocycles. The number of carbonyl (C=O) groups excluding carboxylic acids is 1. The van der Waals surface area contributed by atoms with Gasteiger partial charge >= 0.3 is 0 Å². The fraction of sp³-hybridized carbons (Fsp3) is 0.400.